The van der Waals surface area contributed by atoms with E-state index in [4.69, 9.17) is 4.74 Å². The quantitative estimate of drug-likeness (QED) is 0.789. The average Bonchev–Trinajstić information content (AvgIpc) is 2.35. The van der Waals surface area contributed by atoms with Crippen molar-refractivity contribution in [3.05, 3.63) is 17.7 Å². The summed E-state index contributed by atoms with van der Waals surface area (Å²) in [6.07, 6.45) is 5.89. The molecule has 0 amide bonds. The molecule has 0 atom stereocenters. The van der Waals surface area contributed by atoms with E-state index in [1.807, 2.05) is 6.92 Å². The molecule has 94 valence electrons. The molecular formula is C14H20O3. The van der Waals surface area contributed by atoms with E-state index in [9.17, 15) is 10.2 Å². The van der Waals surface area contributed by atoms with E-state index in [0.717, 1.165) is 18.4 Å². The monoisotopic (exact) mass is 236 g/mol. The fourth-order valence-corrected chi connectivity index (χ4v) is 2.59. The lowest BCUT2D eigenvalue weighted by Crippen LogP contribution is -2.05. The molecule has 1 saturated carbocycles. The fraction of sp³-hybridized carbons (Fsp3) is 0.571. The first-order chi connectivity index (χ1) is 8.22. The highest BCUT2D eigenvalue weighted by Gasteiger charge is 2.20. The van der Waals surface area contributed by atoms with Crippen molar-refractivity contribution in [1.82, 2.24) is 0 Å². The lowest BCUT2D eigenvalue weighted by molar-refractivity contribution is 0.314. The van der Waals surface area contributed by atoms with Crippen molar-refractivity contribution in [3.63, 3.8) is 0 Å². The van der Waals surface area contributed by atoms with Gasteiger partial charge < -0.3 is 14.9 Å². The molecule has 0 spiro atoms. The van der Waals surface area contributed by atoms with Crippen molar-refractivity contribution in [1.29, 1.82) is 0 Å². The molecule has 2 rings (SSSR count). The Morgan fingerprint density at radius 3 is 2.47 bits per heavy atom. The molecule has 1 aliphatic carbocycles. The second-order valence-corrected chi connectivity index (χ2v) is 4.65. The maximum atomic E-state index is 10.0. The Morgan fingerprint density at radius 1 is 1.12 bits per heavy atom. The third kappa shape index (κ3) is 2.65. The van der Waals surface area contributed by atoms with Gasteiger partial charge in [0.05, 0.1) is 6.61 Å². The minimum Gasteiger partial charge on any atom is -0.508 e. The smallest absolute Gasteiger partial charge is 0.164 e. The molecule has 0 aromatic heterocycles. The number of phenolic OH excluding ortho intramolecular Hbond substituents is 2. The summed E-state index contributed by atoms with van der Waals surface area (Å²) in [6.45, 7) is 2.33. The van der Waals surface area contributed by atoms with E-state index in [1.165, 1.54) is 25.3 Å². The Morgan fingerprint density at radius 2 is 1.82 bits per heavy atom. The molecule has 0 aliphatic heterocycles. The molecular weight excluding hydrogens is 216 g/mol. The maximum Gasteiger partial charge on any atom is 0.164 e. The van der Waals surface area contributed by atoms with Crippen LogP contribution in [-0.2, 0) is 0 Å². The van der Waals surface area contributed by atoms with Crippen molar-refractivity contribution < 1.29 is 14.9 Å². The van der Waals surface area contributed by atoms with Crippen LogP contribution in [0.25, 0.3) is 0 Å². The summed E-state index contributed by atoms with van der Waals surface area (Å²) < 4.78 is 5.25. The molecule has 0 unspecified atom stereocenters. The Bertz CT molecular complexity index is 381. The highest BCUT2D eigenvalue weighted by Crippen LogP contribution is 2.42. The summed E-state index contributed by atoms with van der Waals surface area (Å²) in [4.78, 5) is 0. The molecule has 3 nitrogen and oxygen atoms in total. The number of hydrogen-bond acceptors (Lipinski definition) is 3. The van der Waals surface area contributed by atoms with E-state index in [-0.39, 0.29) is 11.5 Å². The standard InChI is InChI=1S/C14H20O3/c1-2-17-14-9-12(15)11(8-13(14)16)10-6-4-3-5-7-10/h8-10,15-16H,2-7H2,1H3. The summed E-state index contributed by atoms with van der Waals surface area (Å²) in [5.74, 6) is 1.12. The van der Waals surface area contributed by atoms with Gasteiger partial charge in [-0.1, -0.05) is 19.3 Å². The molecule has 0 heterocycles. The van der Waals surface area contributed by atoms with Gasteiger partial charge in [-0.2, -0.15) is 0 Å². The number of aromatic hydroxyl groups is 2. The Balaban J connectivity index is 2.25. The highest BCUT2D eigenvalue weighted by atomic mass is 16.5. The minimum absolute atomic E-state index is 0.130. The lowest BCUT2D eigenvalue weighted by atomic mass is 9.83. The molecule has 2 N–H and O–H groups in total. The number of hydrogen-bond donors (Lipinski definition) is 2. The number of ether oxygens (including phenoxy) is 1. The minimum atomic E-state index is 0.130. The van der Waals surface area contributed by atoms with Crippen molar-refractivity contribution in [2.75, 3.05) is 6.61 Å². The first-order valence-corrected chi connectivity index (χ1v) is 6.41. The van der Waals surface area contributed by atoms with Gasteiger partial charge in [0.1, 0.15) is 5.75 Å². The third-order valence-corrected chi connectivity index (χ3v) is 3.45. The molecule has 0 bridgehead atoms. The Kier molecular flexibility index (Phi) is 3.77. The van der Waals surface area contributed by atoms with Gasteiger partial charge in [-0.15, -0.1) is 0 Å². The summed E-state index contributed by atoms with van der Waals surface area (Å²) in [5.41, 5.74) is 0.866. The predicted octanol–water partition coefficient (Wildman–Crippen LogP) is 3.54. The molecule has 1 aromatic rings. The van der Waals surface area contributed by atoms with Crippen molar-refractivity contribution in [3.8, 4) is 17.2 Å². The number of phenols is 2. The van der Waals surface area contributed by atoms with Crippen LogP contribution < -0.4 is 4.74 Å². The van der Waals surface area contributed by atoms with Gasteiger partial charge in [0.2, 0.25) is 0 Å². The van der Waals surface area contributed by atoms with E-state index < -0.39 is 0 Å². The van der Waals surface area contributed by atoms with Crippen LogP contribution in [0.5, 0.6) is 17.2 Å². The second kappa shape index (κ2) is 5.30. The maximum absolute atomic E-state index is 10.0. The summed E-state index contributed by atoms with van der Waals surface area (Å²) in [5, 5.41) is 19.8. The molecule has 1 fully saturated rings. The lowest BCUT2D eigenvalue weighted by Gasteiger charge is -2.23. The van der Waals surface area contributed by atoms with E-state index in [0.29, 0.717) is 18.3 Å². The van der Waals surface area contributed by atoms with Crippen LogP contribution in [0.4, 0.5) is 0 Å². The second-order valence-electron chi connectivity index (χ2n) is 4.65. The van der Waals surface area contributed by atoms with Gasteiger partial charge in [-0.05, 0) is 31.7 Å². The van der Waals surface area contributed by atoms with Crippen molar-refractivity contribution in [2.24, 2.45) is 0 Å². The molecule has 1 aromatic carbocycles. The van der Waals surface area contributed by atoms with Crippen LogP contribution in [-0.4, -0.2) is 16.8 Å². The Labute approximate surface area is 102 Å². The van der Waals surface area contributed by atoms with E-state index in [1.54, 1.807) is 6.07 Å². The molecule has 3 heteroatoms. The van der Waals surface area contributed by atoms with Gasteiger partial charge in [0.25, 0.3) is 0 Å². The zero-order valence-electron chi connectivity index (χ0n) is 10.3. The fourth-order valence-electron chi connectivity index (χ4n) is 2.59. The SMILES string of the molecule is CCOc1cc(O)c(C2CCCCC2)cc1O. The van der Waals surface area contributed by atoms with Crippen molar-refractivity contribution in [2.45, 2.75) is 44.9 Å². The van der Waals surface area contributed by atoms with Gasteiger partial charge in [-0.3, -0.25) is 0 Å². The molecule has 0 saturated heterocycles. The third-order valence-electron chi connectivity index (χ3n) is 3.45. The first-order valence-electron chi connectivity index (χ1n) is 6.41. The van der Waals surface area contributed by atoms with E-state index >= 15 is 0 Å². The normalized spacial score (nSPS) is 17.0. The zero-order valence-corrected chi connectivity index (χ0v) is 10.3. The van der Waals surface area contributed by atoms with Gasteiger partial charge in [0, 0.05) is 11.6 Å². The van der Waals surface area contributed by atoms with Crippen LogP contribution in [0.2, 0.25) is 0 Å². The predicted molar refractivity (Wildman–Crippen MR) is 66.8 cm³/mol. The van der Waals surface area contributed by atoms with Crippen LogP contribution in [0.3, 0.4) is 0 Å². The zero-order chi connectivity index (χ0) is 12.3. The van der Waals surface area contributed by atoms with Crippen LogP contribution in [0.15, 0.2) is 12.1 Å². The van der Waals surface area contributed by atoms with Gasteiger partial charge in [-0.25, -0.2) is 0 Å². The first kappa shape index (κ1) is 12.1. The summed E-state index contributed by atoms with van der Waals surface area (Å²) >= 11 is 0. The summed E-state index contributed by atoms with van der Waals surface area (Å²) in [6, 6.07) is 3.19. The van der Waals surface area contributed by atoms with Crippen molar-refractivity contribution >= 4 is 0 Å². The van der Waals surface area contributed by atoms with Crippen LogP contribution >= 0.6 is 0 Å². The van der Waals surface area contributed by atoms with Crippen LogP contribution in [0.1, 0.15) is 50.5 Å². The average molecular weight is 236 g/mol. The largest absolute Gasteiger partial charge is 0.508 e. The number of benzene rings is 1. The topological polar surface area (TPSA) is 49.7 Å². The molecule has 17 heavy (non-hydrogen) atoms. The number of rotatable bonds is 3. The van der Waals surface area contributed by atoms with E-state index in [2.05, 4.69) is 0 Å². The molecule has 1 aliphatic rings. The van der Waals surface area contributed by atoms with Gasteiger partial charge in [0.15, 0.2) is 11.5 Å². The van der Waals surface area contributed by atoms with Crippen LogP contribution in [0, 0.1) is 0 Å². The molecule has 0 radical (unpaired) electrons. The Hall–Kier alpha value is -1.38. The van der Waals surface area contributed by atoms with Gasteiger partial charge >= 0.3 is 0 Å². The highest BCUT2D eigenvalue weighted by molar-refractivity contribution is 5.50. The summed E-state index contributed by atoms with van der Waals surface area (Å²) in [7, 11) is 0.